The van der Waals surface area contributed by atoms with E-state index in [1.807, 2.05) is 20.0 Å². The molecule has 1 aromatic carbocycles. The molecule has 80 valence electrons. The Hall–Kier alpha value is -0.580. The van der Waals surface area contributed by atoms with Gasteiger partial charge in [0.1, 0.15) is 5.52 Å². The molecular formula is C10H10BrClN2O. The van der Waals surface area contributed by atoms with E-state index < -0.39 is 0 Å². The smallest absolute Gasteiger partial charge is 0.209 e. The third-order valence-corrected chi connectivity index (χ3v) is 3.29. The lowest BCUT2D eigenvalue weighted by molar-refractivity contribution is 0.511. The zero-order valence-electron chi connectivity index (χ0n) is 8.40. The fourth-order valence-electron chi connectivity index (χ4n) is 1.41. The highest BCUT2D eigenvalue weighted by molar-refractivity contribution is 9.10. The second-order valence-electron chi connectivity index (χ2n) is 3.28. The van der Waals surface area contributed by atoms with Crippen LogP contribution in [0.15, 0.2) is 15.0 Å². The molecule has 1 N–H and O–H groups in total. The van der Waals surface area contributed by atoms with E-state index in [0.29, 0.717) is 23.0 Å². The summed E-state index contributed by atoms with van der Waals surface area (Å²) >= 11 is 9.50. The van der Waals surface area contributed by atoms with Crippen molar-refractivity contribution in [2.24, 2.45) is 0 Å². The SMILES string of the molecule is CNCc1nc2c(C)c(Br)cc(Cl)c2o1. The van der Waals surface area contributed by atoms with Crippen LogP contribution in [0.2, 0.25) is 5.02 Å². The zero-order chi connectivity index (χ0) is 11.0. The molecule has 0 unspecified atom stereocenters. The predicted molar refractivity (Wildman–Crippen MR) is 64.2 cm³/mol. The first kappa shape index (κ1) is 10.9. The second kappa shape index (κ2) is 4.12. The van der Waals surface area contributed by atoms with E-state index in [4.69, 9.17) is 16.0 Å². The predicted octanol–water partition coefficient (Wildman–Crippen LogP) is 3.27. The molecule has 0 aliphatic heterocycles. The molecule has 2 aromatic rings. The quantitative estimate of drug-likeness (QED) is 0.922. The van der Waals surface area contributed by atoms with Crippen LogP contribution in [0.25, 0.3) is 11.1 Å². The van der Waals surface area contributed by atoms with Crippen molar-refractivity contribution in [2.45, 2.75) is 13.5 Å². The van der Waals surface area contributed by atoms with Gasteiger partial charge < -0.3 is 9.73 Å². The highest BCUT2D eigenvalue weighted by Gasteiger charge is 2.13. The van der Waals surface area contributed by atoms with Gasteiger partial charge in [0, 0.05) is 4.47 Å². The van der Waals surface area contributed by atoms with E-state index in [-0.39, 0.29) is 0 Å². The number of fused-ring (bicyclic) bond motifs is 1. The average molecular weight is 290 g/mol. The maximum atomic E-state index is 6.06. The van der Waals surface area contributed by atoms with Gasteiger partial charge in [0.05, 0.1) is 11.6 Å². The summed E-state index contributed by atoms with van der Waals surface area (Å²) in [4.78, 5) is 4.38. The molecule has 0 saturated heterocycles. The summed E-state index contributed by atoms with van der Waals surface area (Å²) < 4.78 is 6.50. The van der Waals surface area contributed by atoms with Gasteiger partial charge in [-0.3, -0.25) is 0 Å². The maximum Gasteiger partial charge on any atom is 0.209 e. The fourth-order valence-corrected chi connectivity index (χ4v) is 2.19. The molecule has 0 fully saturated rings. The third-order valence-electron chi connectivity index (χ3n) is 2.18. The van der Waals surface area contributed by atoms with Crippen molar-refractivity contribution in [3.63, 3.8) is 0 Å². The summed E-state index contributed by atoms with van der Waals surface area (Å²) in [6, 6.07) is 1.83. The largest absolute Gasteiger partial charge is 0.438 e. The van der Waals surface area contributed by atoms with Gasteiger partial charge in [-0.25, -0.2) is 4.98 Å². The zero-order valence-corrected chi connectivity index (χ0v) is 10.7. The Kier molecular flexibility index (Phi) is 3.00. The van der Waals surface area contributed by atoms with Gasteiger partial charge in [-0.1, -0.05) is 27.5 Å². The molecule has 5 heteroatoms. The van der Waals surface area contributed by atoms with E-state index in [0.717, 1.165) is 15.6 Å². The number of aromatic nitrogens is 1. The standard InChI is InChI=1S/C10H10BrClN2O/c1-5-6(11)3-7(12)10-9(5)14-8(15-10)4-13-2/h3,13H,4H2,1-2H3. The van der Waals surface area contributed by atoms with Crippen LogP contribution in [0, 0.1) is 6.92 Å². The normalized spacial score (nSPS) is 11.2. The van der Waals surface area contributed by atoms with Crippen molar-refractivity contribution < 1.29 is 4.42 Å². The fraction of sp³-hybridized carbons (Fsp3) is 0.300. The van der Waals surface area contributed by atoms with E-state index in [1.165, 1.54) is 0 Å². The van der Waals surface area contributed by atoms with Crippen LogP contribution in [0.4, 0.5) is 0 Å². The number of aryl methyl sites for hydroxylation is 1. The van der Waals surface area contributed by atoms with Crippen LogP contribution in [-0.4, -0.2) is 12.0 Å². The van der Waals surface area contributed by atoms with Gasteiger partial charge in [-0.2, -0.15) is 0 Å². The molecule has 0 radical (unpaired) electrons. The Morgan fingerprint density at radius 1 is 1.60 bits per heavy atom. The van der Waals surface area contributed by atoms with Gasteiger partial charge in [0.15, 0.2) is 5.58 Å². The number of oxazole rings is 1. The number of nitrogens with one attached hydrogen (secondary N) is 1. The first-order valence-corrected chi connectivity index (χ1v) is 5.69. The lowest BCUT2D eigenvalue weighted by Gasteiger charge is -1.98. The molecule has 0 saturated carbocycles. The Morgan fingerprint density at radius 3 is 3.00 bits per heavy atom. The van der Waals surface area contributed by atoms with Crippen LogP contribution >= 0.6 is 27.5 Å². The minimum absolute atomic E-state index is 0.581. The molecule has 2 rings (SSSR count). The maximum absolute atomic E-state index is 6.06. The van der Waals surface area contributed by atoms with Gasteiger partial charge in [-0.05, 0) is 25.6 Å². The van der Waals surface area contributed by atoms with Crippen LogP contribution in [0.5, 0.6) is 0 Å². The summed E-state index contributed by atoms with van der Waals surface area (Å²) in [5.74, 6) is 0.649. The van der Waals surface area contributed by atoms with Crippen LogP contribution in [0.1, 0.15) is 11.5 Å². The minimum atomic E-state index is 0.581. The van der Waals surface area contributed by atoms with Gasteiger partial charge >= 0.3 is 0 Å². The number of rotatable bonds is 2. The van der Waals surface area contributed by atoms with Crippen molar-refractivity contribution in [3.8, 4) is 0 Å². The highest BCUT2D eigenvalue weighted by atomic mass is 79.9. The molecule has 1 aromatic heterocycles. The lowest BCUT2D eigenvalue weighted by Crippen LogP contribution is -2.04. The van der Waals surface area contributed by atoms with Crippen LogP contribution in [-0.2, 0) is 6.54 Å². The summed E-state index contributed by atoms with van der Waals surface area (Å²) in [5.41, 5.74) is 2.52. The molecule has 0 aliphatic rings. The van der Waals surface area contributed by atoms with Gasteiger partial charge in [-0.15, -0.1) is 0 Å². The van der Waals surface area contributed by atoms with Crippen molar-refractivity contribution in [3.05, 3.63) is 27.0 Å². The van der Waals surface area contributed by atoms with Crippen molar-refractivity contribution in [1.82, 2.24) is 10.3 Å². The topological polar surface area (TPSA) is 38.1 Å². The molecule has 0 spiro atoms. The summed E-state index contributed by atoms with van der Waals surface area (Å²) in [6.07, 6.45) is 0. The van der Waals surface area contributed by atoms with E-state index in [2.05, 4.69) is 26.2 Å². The van der Waals surface area contributed by atoms with Crippen molar-refractivity contribution in [1.29, 1.82) is 0 Å². The monoisotopic (exact) mass is 288 g/mol. The molecule has 0 aliphatic carbocycles. The summed E-state index contributed by atoms with van der Waals surface area (Å²) in [7, 11) is 1.85. The summed E-state index contributed by atoms with van der Waals surface area (Å²) in [5, 5.41) is 3.57. The minimum Gasteiger partial charge on any atom is -0.438 e. The number of benzene rings is 1. The first-order valence-electron chi connectivity index (χ1n) is 4.52. The highest BCUT2D eigenvalue weighted by Crippen LogP contribution is 2.32. The lowest BCUT2D eigenvalue weighted by atomic mass is 10.2. The van der Waals surface area contributed by atoms with Gasteiger partial charge in [0.25, 0.3) is 0 Å². The first-order chi connectivity index (χ1) is 7.13. The van der Waals surface area contributed by atoms with Gasteiger partial charge in [0.2, 0.25) is 5.89 Å². The van der Waals surface area contributed by atoms with E-state index in [1.54, 1.807) is 0 Å². The van der Waals surface area contributed by atoms with Crippen molar-refractivity contribution in [2.75, 3.05) is 7.05 Å². The molecule has 0 bridgehead atoms. The third kappa shape index (κ3) is 1.89. The molecule has 1 heterocycles. The Bertz CT molecular complexity index is 510. The Labute approximate surface area is 101 Å². The number of hydrogen-bond donors (Lipinski definition) is 1. The van der Waals surface area contributed by atoms with E-state index >= 15 is 0 Å². The van der Waals surface area contributed by atoms with Crippen LogP contribution < -0.4 is 5.32 Å². The van der Waals surface area contributed by atoms with Crippen LogP contribution in [0.3, 0.4) is 0 Å². The number of halogens is 2. The molecule has 0 amide bonds. The molecule has 0 atom stereocenters. The van der Waals surface area contributed by atoms with E-state index in [9.17, 15) is 0 Å². The Balaban J connectivity index is 2.68. The number of hydrogen-bond acceptors (Lipinski definition) is 3. The van der Waals surface area contributed by atoms with Crippen molar-refractivity contribution >= 4 is 38.6 Å². The second-order valence-corrected chi connectivity index (χ2v) is 4.54. The molecule has 15 heavy (non-hydrogen) atoms. The summed E-state index contributed by atoms with van der Waals surface area (Å²) in [6.45, 7) is 2.58. The Morgan fingerprint density at radius 2 is 2.33 bits per heavy atom. The number of nitrogens with zero attached hydrogens (tertiary/aromatic N) is 1. The molecule has 3 nitrogen and oxygen atoms in total. The average Bonchev–Trinajstić information content (AvgIpc) is 2.60. The molecular weight excluding hydrogens is 279 g/mol.